The number of ether oxygens (including phenoxy) is 2. The number of hydrogen-bond acceptors (Lipinski definition) is 23. The maximum atomic E-state index is 13.1. The average molecular weight is 1080 g/mol. The van der Waals surface area contributed by atoms with Crippen LogP contribution in [-0.2, 0) is 73.1 Å². The minimum atomic E-state index is -5.94. The quantitative estimate of drug-likeness (QED) is 0.0330. The van der Waals surface area contributed by atoms with Gasteiger partial charge in [-0.15, -0.1) is 0 Å². The Hall–Kier alpha value is -4.10. The third-order valence-electron chi connectivity index (χ3n) is 11.9. The minimum Gasteiger partial charge on any atom is -0.790 e. The number of benzene rings is 1. The molecule has 4 rings (SSSR count). The second-order valence-electron chi connectivity index (χ2n) is 19.2. The van der Waals surface area contributed by atoms with E-state index in [1.165, 1.54) is 25.0 Å². The number of anilines is 1. The van der Waals surface area contributed by atoms with Crippen LogP contribution in [0.2, 0.25) is 0 Å². The molecule has 3 aromatic rings. The number of nitrogens with one attached hydrogen (secondary N) is 2. The summed E-state index contributed by atoms with van der Waals surface area (Å²) in [7, 11) is -17.7. The van der Waals surface area contributed by atoms with Crippen molar-refractivity contribution in [2.45, 2.75) is 142 Å². The number of carbonyl (C=O) groups is 4. The van der Waals surface area contributed by atoms with Crippen molar-refractivity contribution in [1.29, 1.82) is 0 Å². The topological polar surface area (TPSA) is 401 Å². The molecule has 3 heterocycles. The Labute approximate surface area is 416 Å². The molecule has 1 aliphatic rings. The SMILES string of the molecule is CC(C)(CCCCc1cccc(CCCCC(C)(C)C(=O)CCNC(=O)CCNC(=O)C(O)C(C)(C)COP(=O)([O-])OP(=O)([O-])OCC2OC(n3cnc4c(N)ncnc43)C(O)C2OP(=O)([O-])[O-])c1)OC=O. The molecule has 0 saturated carbocycles. The van der Waals surface area contributed by atoms with Crippen LogP contribution in [0.3, 0.4) is 0 Å². The van der Waals surface area contributed by atoms with Crippen LogP contribution in [-0.4, -0.2) is 110 Å². The molecule has 26 nitrogen and oxygen atoms in total. The average Bonchev–Trinajstić information content (AvgIpc) is 3.84. The van der Waals surface area contributed by atoms with Gasteiger partial charge in [0.1, 0.15) is 47.6 Å². The summed E-state index contributed by atoms with van der Waals surface area (Å²) in [5, 5.41) is 26.5. The number of rotatable bonds is 32. The van der Waals surface area contributed by atoms with Gasteiger partial charge in [0.2, 0.25) is 11.8 Å². The number of amides is 2. The zero-order valence-electron chi connectivity index (χ0n) is 40.9. The van der Waals surface area contributed by atoms with E-state index in [1.54, 1.807) is 0 Å². The van der Waals surface area contributed by atoms with Crippen LogP contribution in [0.25, 0.3) is 11.2 Å². The molecule has 7 atom stereocenters. The number of aliphatic hydroxyl groups is 2. The highest BCUT2D eigenvalue weighted by Crippen LogP contribution is 2.56. The Morgan fingerprint density at radius 1 is 0.903 bits per heavy atom. The molecular formula is C43H64N7O19P3-4. The maximum absolute atomic E-state index is 13.1. The number of aliphatic hydroxyl groups excluding tert-OH is 2. The van der Waals surface area contributed by atoms with Gasteiger partial charge < -0.3 is 73.8 Å². The lowest BCUT2D eigenvalue weighted by atomic mass is 9.81. The molecule has 0 spiro atoms. The number of carbonyl (C=O) groups excluding carboxylic acids is 4. The first-order valence-electron chi connectivity index (χ1n) is 23.0. The van der Waals surface area contributed by atoms with Crippen molar-refractivity contribution in [3.05, 3.63) is 48.0 Å². The summed E-state index contributed by atoms with van der Waals surface area (Å²) in [6.45, 7) is 7.92. The summed E-state index contributed by atoms with van der Waals surface area (Å²) in [6, 6.07) is 8.44. The second kappa shape index (κ2) is 25.9. The zero-order chi connectivity index (χ0) is 53.7. The molecule has 6 N–H and O–H groups in total. The van der Waals surface area contributed by atoms with Crippen LogP contribution in [0.1, 0.15) is 110 Å². The number of aromatic nitrogens is 4. The molecule has 2 amide bonds. The predicted molar refractivity (Wildman–Crippen MR) is 247 cm³/mol. The number of fused-ring (bicyclic) bond motifs is 1. The maximum Gasteiger partial charge on any atom is 0.293 e. The first kappa shape index (κ1) is 60.5. The van der Waals surface area contributed by atoms with Gasteiger partial charge in [0.25, 0.3) is 22.1 Å². The lowest BCUT2D eigenvalue weighted by Crippen LogP contribution is -2.46. The number of hydrogen-bond donors (Lipinski definition) is 5. The van der Waals surface area contributed by atoms with Gasteiger partial charge in [0.15, 0.2) is 17.7 Å². The van der Waals surface area contributed by atoms with Crippen molar-refractivity contribution >= 4 is 64.5 Å². The highest BCUT2D eigenvalue weighted by atomic mass is 31.3. The summed E-state index contributed by atoms with van der Waals surface area (Å²) in [4.78, 5) is 109. The Balaban J connectivity index is 1.14. The van der Waals surface area contributed by atoms with E-state index >= 15 is 0 Å². The summed E-state index contributed by atoms with van der Waals surface area (Å²) in [5.74, 6) is -1.63. The van der Waals surface area contributed by atoms with Gasteiger partial charge in [0, 0.05) is 36.8 Å². The molecule has 0 bridgehead atoms. The molecule has 404 valence electrons. The summed E-state index contributed by atoms with van der Waals surface area (Å²) >= 11 is 0. The second-order valence-corrected chi connectivity index (χ2v) is 23.3. The van der Waals surface area contributed by atoms with Crippen molar-refractivity contribution in [3.63, 3.8) is 0 Å². The molecule has 1 aromatic carbocycles. The Morgan fingerprint density at radius 2 is 1.53 bits per heavy atom. The van der Waals surface area contributed by atoms with Gasteiger partial charge in [-0.05, 0) is 69.9 Å². The van der Waals surface area contributed by atoms with Gasteiger partial charge in [-0.3, -0.25) is 32.9 Å². The number of aryl methyl sites for hydroxylation is 2. The van der Waals surface area contributed by atoms with E-state index < -0.39 is 95.6 Å². The standard InChI is InChI=1S/C43H68N7O19P3/c1-41(2,18-9-7-12-28-14-11-15-29(22-28)13-8-10-19-43(5,6)64-27-51)31(52)16-20-45-32(53)17-21-46-39(56)36(55)42(3,4)24-66-72(62,63)69-71(60,61)65-23-30-35(68-70(57,58)59)34(54)40(67-30)50-26-49-33-37(44)47-25-48-38(33)50/h11,14-15,22,25-27,30,34-36,40,54-55H,7-10,12-13,16-21,23-24H2,1-6H3,(H,45,53)(H,46,56)(H,60,61)(H,62,63)(H2,44,47,48)(H2,57,58,59)/p-4. The number of ketones is 1. The molecule has 1 aliphatic heterocycles. The van der Waals surface area contributed by atoms with Crippen LogP contribution < -0.4 is 35.9 Å². The summed E-state index contributed by atoms with van der Waals surface area (Å²) in [5.41, 5.74) is 5.42. The molecule has 7 unspecified atom stereocenters. The monoisotopic (exact) mass is 1080 g/mol. The number of nitrogens with zero attached hydrogens (tertiary/aromatic N) is 4. The van der Waals surface area contributed by atoms with Gasteiger partial charge in [0.05, 0.1) is 27.4 Å². The molecule has 29 heteroatoms. The lowest BCUT2D eigenvalue weighted by molar-refractivity contribution is -0.347. The van der Waals surface area contributed by atoms with Crippen molar-refractivity contribution in [3.8, 4) is 0 Å². The van der Waals surface area contributed by atoms with Crippen LogP contribution in [0.5, 0.6) is 0 Å². The smallest absolute Gasteiger partial charge is 0.293 e. The third kappa shape index (κ3) is 19.0. The molecule has 0 radical (unpaired) electrons. The van der Waals surface area contributed by atoms with Gasteiger partial charge >= 0.3 is 0 Å². The number of nitrogens with two attached hydrogens (primary N) is 1. The molecular weight excluding hydrogens is 1010 g/mol. The minimum absolute atomic E-state index is 0.0248. The lowest BCUT2D eigenvalue weighted by Gasteiger charge is -2.36. The first-order chi connectivity index (χ1) is 33.4. The van der Waals surface area contributed by atoms with Crippen LogP contribution in [0.15, 0.2) is 36.9 Å². The summed E-state index contributed by atoms with van der Waals surface area (Å²) < 4.78 is 66.1. The van der Waals surface area contributed by atoms with Crippen molar-refractivity contribution < 1.29 is 90.0 Å². The molecule has 72 heavy (non-hydrogen) atoms. The zero-order valence-corrected chi connectivity index (χ0v) is 43.6. The highest BCUT2D eigenvalue weighted by Gasteiger charge is 2.47. The van der Waals surface area contributed by atoms with Crippen molar-refractivity contribution in [2.75, 3.05) is 32.0 Å². The van der Waals surface area contributed by atoms with E-state index in [0.29, 0.717) is 12.9 Å². The van der Waals surface area contributed by atoms with Crippen LogP contribution >= 0.6 is 23.5 Å². The fraction of sp³-hybridized carbons (Fsp3) is 0.651. The number of nitrogen functional groups attached to an aromatic ring is 1. The van der Waals surface area contributed by atoms with Crippen molar-refractivity contribution in [1.82, 2.24) is 30.2 Å². The van der Waals surface area contributed by atoms with E-state index in [0.717, 1.165) is 62.2 Å². The number of Topliss-reactive ketones (excluding diaryl/α,β-unsaturated/α-hetero) is 1. The van der Waals surface area contributed by atoms with Crippen LogP contribution in [0, 0.1) is 10.8 Å². The largest absolute Gasteiger partial charge is 0.790 e. The van der Waals surface area contributed by atoms with E-state index in [2.05, 4.69) is 61.7 Å². The Bertz CT molecular complexity index is 2470. The third-order valence-corrected chi connectivity index (χ3v) is 14.9. The molecule has 1 saturated heterocycles. The van der Waals surface area contributed by atoms with Crippen LogP contribution in [0.4, 0.5) is 5.82 Å². The van der Waals surface area contributed by atoms with Crippen molar-refractivity contribution in [2.24, 2.45) is 10.8 Å². The van der Waals surface area contributed by atoms with E-state index in [4.69, 9.17) is 15.2 Å². The normalized spacial score (nSPS) is 19.8. The Morgan fingerprint density at radius 3 is 2.17 bits per heavy atom. The fourth-order valence-corrected chi connectivity index (χ4v) is 10.4. The molecule has 2 aromatic heterocycles. The molecule has 0 aliphatic carbocycles. The molecule has 1 fully saturated rings. The van der Waals surface area contributed by atoms with Gasteiger partial charge in [-0.25, -0.2) is 19.3 Å². The predicted octanol–water partition coefficient (Wildman–Crippen LogP) is 0.940. The first-order valence-corrected chi connectivity index (χ1v) is 27.4. The Kier molecular flexibility index (Phi) is 21.8. The number of phosphoric acid groups is 3. The number of unbranched alkanes of at least 4 members (excludes halogenated alkanes) is 2. The van der Waals surface area contributed by atoms with Gasteiger partial charge in [-0.2, -0.15) is 0 Å². The van der Waals surface area contributed by atoms with E-state index in [9.17, 15) is 62.7 Å². The van der Waals surface area contributed by atoms with Gasteiger partial charge in [-0.1, -0.05) is 58.4 Å². The fourth-order valence-electron chi connectivity index (χ4n) is 7.62. The highest BCUT2D eigenvalue weighted by molar-refractivity contribution is 7.59. The van der Waals surface area contributed by atoms with E-state index in [1.807, 2.05) is 33.8 Å². The number of phosphoric ester groups is 3. The summed E-state index contributed by atoms with van der Waals surface area (Å²) in [6.07, 6.45) is -0.758. The number of imidazole rings is 1. The van der Waals surface area contributed by atoms with E-state index in [-0.39, 0.29) is 48.7 Å².